The number of carbonyl (C=O) groups is 1. The van der Waals surface area contributed by atoms with Crippen LogP contribution in [-0.4, -0.2) is 34.9 Å². The molecule has 0 aromatic heterocycles. The summed E-state index contributed by atoms with van der Waals surface area (Å²) in [6, 6.07) is 0.222. The predicted molar refractivity (Wildman–Crippen MR) is 66.8 cm³/mol. The number of hydrogen-bond donors (Lipinski definition) is 2. The number of rotatable bonds is 5. The van der Waals surface area contributed by atoms with Gasteiger partial charge in [0, 0.05) is 13.1 Å². The Morgan fingerprint density at radius 2 is 2.18 bits per heavy atom. The van der Waals surface area contributed by atoms with Crippen LogP contribution in [0.1, 0.15) is 40.0 Å². The van der Waals surface area contributed by atoms with Crippen molar-refractivity contribution in [3.63, 3.8) is 0 Å². The number of nitrogens with zero attached hydrogens (tertiary/aromatic N) is 2. The molecule has 0 heterocycles. The predicted octanol–water partition coefficient (Wildman–Crippen LogP) is 1.41. The smallest absolute Gasteiger partial charge is 0.236 e. The van der Waals surface area contributed by atoms with E-state index in [2.05, 4.69) is 12.1 Å². The van der Waals surface area contributed by atoms with Crippen molar-refractivity contribution < 1.29 is 10.0 Å². The number of amides is 1. The number of carbonyl (C=O) groups excluding carboxylic acids is 1. The first-order chi connectivity index (χ1) is 7.88. The largest absolute Gasteiger partial charge is 0.409 e. The molecule has 2 atom stereocenters. The van der Waals surface area contributed by atoms with Gasteiger partial charge in [0.2, 0.25) is 5.91 Å². The van der Waals surface area contributed by atoms with Crippen LogP contribution in [0.3, 0.4) is 0 Å². The molecule has 5 nitrogen and oxygen atoms in total. The van der Waals surface area contributed by atoms with E-state index in [0.29, 0.717) is 12.3 Å². The Morgan fingerprint density at radius 3 is 2.53 bits per heavy atom. The SMILES string of the molecule is CCC(C)(C(=O)N(C)C(C)C1CC1)C(N)=NO. The van der Waals surface area contributed by atoms with Crippen LogP contribution >= 0.6 is 0 Å². The fourth-order valence-corrected chi connectivity index (χ4v) is 2.02. The maximum absolute atomic E-state index is 12.4. The van der Waals surface area contributed by atoms with Crippen molar-refractivity contribution in [3.05, 3.63) is 0 Å². The molecule has 0 aliphatic heterocycles. The zero-order valence-corrected chi connectivity index (χ0v) is 11.1. The monoisotopic (exact) mass is 241 g/mol. The minimum absolute atomic E-state index is 0.0140. The summed E-state index contributed by atoms with van der Waals surface area (Å²) in [5, 5.41) is 11.8. The molecule has 0 spiro atoms. The van der Waals surface area contributed by atoms with Crippen LogP contribution in [0.4, 0.5) is 0 Å². The Kier molecular flexibility index (Phi) is 4.01. The normalized spacial score (nSPS) is 21.8. The Balaban J connectivity index is 2.84. The molecule has 0 saturated heterocycles. The second kappa shape index (κ2) is 4.94. The van der Waals surface area contributed by atoms with Gasteiger partial charge >= 0.3 is 0 Å². The molecule has 1 aliphatic carbocycles. The van der Waals surface area contributed by atoms with Gasteiger partial charge in [-0.2, -0.15) is 0 Å². The molecule has 5 heteroatoms. The maximum Gasteiger partial charge on any atom is 0.236 e. The first kappa shape index (κ1) is 13.8. The molecule has 0 aromatic rings. The minimum atomic E-state index is -0.910. The Morgan fingerprint density at radius 1 is 1.65 bits per heavy atom. The molecule has 3 N–H and O–H groups in total. The van der Waals surface area contributed by atoms with E-state index in [9.17, 15) is 4.79 Å². The summed E-state index contributed by atoms with van der Waals surface area (Å²) in [4.78, 5) is 14.2. The quantitative estimate of drug-likeness (QED) is 0.330. The number of amidine groups is 1. The van der Waals surface area contributed by atoms with Gasteiger partial charge in [-0.1, -0.05) is 12.1 Å². The van der Waals surface area contributed by atoms with Crippen LogP contribution < -0.4 is 5.73 Å². The highest BCUT2D eigenvalue weighted by Crippen LogP contribution is 2.36. The maximum atomic E-state index is 12.4. The molecule has 1 saturated carbocycles. The van der Waals surface area contributed by atoms with E-state index in [1.165, 1.54) is 12.8 Å². The van der Waals surface area contributed by atoms with Gasteiger partial charge in [-0.05, 0) is 39.0 Å². The lowest BCUT2D eigenvalue weighted by molar-refractivity contribution is -0.138. The van der Waals surface area contributed by atoms with E-state index in [0.717, 1.165) is 0 Å². The molecule has 1 fully saturated rings. The van der Waals surface area contributed by atoms with Crippen molar-refractivity contribution in [2.75, 3.05) is 7.05 Å². The van der Waals surface area contributed by atoms with E-state index in [4.69, 9.17) is 10.9 Å². The molecule has 1 amide bonds. The third-order valence-corrected chi connectivity index (χ3v) is 4.09. The van der Waals surface area contributed by atoms with Crippen LogP contribution in [0.15, 0.2) is 5.16 Å². The van der Waals surface area contributed by atoms with Gasteiger partial charge in [-0.15, -0.1) is 0 Å². The highest BCUT2D eigenvalue weighted by molar-refractivity contribution is 6.06. The molecule has 2 unspecified atom stereocenters. The second-order valence-corrected chi connectivity index (χ2v) is 5.16. The van der Waals surface area contributed by atoms with Crippen LogP contribution in [0.25, 0.3) is 0 Å². The van der Waals surface area contributed by atoms with Gasteiger partial charge in [-0.25, -0.2) is 0 Å². The fraction of sp³-hybridized carbons (Fsp3) is 0.833. The van der Waals surface area contributed by atoms with Crippen LogP contribution in [0.2, 0.25) is 0 Å². The molecule has 0 aromatic carbocycles. The molecular formula is C12H23N3O2. The highest BCUT2D eigenvalue weighted by Gasteiger charge is 2.42. The Bertz CT molecular complexity index is 326. The van der Waals surface area contributed by atoms with Crippen molar-refractivity contribution in [2.24, 2.45) is 22.2 Å². The van der Waals surface area contributed by atoms with E-state index < -0.39 is 5.41 Å². The second-order valence-electron chi connectivity index (χ2n) is 5.16. The molecule has 0 bridgehead atoms. The third-order valence-electron chi connectivity index (χ3n) is 4.09. The number of oxime groups is 1. The van der Waals surface area contributed by atoms with Gasteiger partial charge in [0.05, 0.1) is 0 Å². The van der Waals surface area contributed by atoms with Crippen molar-refractivity contribution in [2.45, 2.75) is 46.1 Å². The van der Waals surface area contributed by atoms with Gasteiger partial charge < -0.3 is 15.8 Å². The summed E-state index contributed by atoms with van der Waals surface area (Å²) in [5.41, 5.74) is 4.74. The molecule has 17 heavy (non-hydrogen) atoms. The topological polar surface area (TPSA) is 78.9 Å². The first-order valence-corrected chi connectivity index (χ1v) is 6.13. The Labute approximate surface area is 103 Å². The number of hydrogen-bond acceptors (Lipinski definition) is 3. The van der Waals surface area contributed by atoms with Gasteiger partial charge in [0.15, 0.2) is 5.84 Å². The first-order valence-electron chi connectivity index (χ1n) is 6.13. The Hall–Kier alpha value is -1.26. The van der Waals surface area contributed by atoms with E-state index >= 15 is 0 Å². The molecular weight excluding hydrogens is 218 g/mol. The van der Waals surface area contributed by atoms with E-state index in [-0.39, 0.29) is 17.8 Å². The van der Waals surface area contributed by atoms with Crippen LogP contribution in [0, 0.1) is 11.3 Å². The molecule has 1 aliphatic rings. The van der Waals surface area contributed by atoms with Gasteiger partial charge in [0.25, 0.3) is 0 Å². The minimum Gasteiger partial charge on any atom is -0.409 e. The average Bonchev–Trinajstić information content (AvgIpc) is 3.18. The van der Waals surface area contributed by atoms with Crippen molar-refractivity contribution in [3.8, 4) is 0 Å². The van der Waals surface area contributed by atoms with Crippen molar-refractivity contribution in [1.29, 1.82) is 0 Å². The standard InChI is InChI=1S/C12H23N3O2/c1-5-12(3,10(13)14-17)11(16)15(4)8(2)9-6-7-9/h8-9,17H,5-7H2,1-4H3,(H2,13,14). The molecule has 1 rings (SSSR count). The van der Waals surface area contributed by atoms with Gasteiger partial charge in [-0.3, -0.25) is 4.79 Å². The lowest BCUT2D eigenvalue weighted by Crippen LogP contribution is -2.51. The van der Waals surface area contributed by atoms with E-state index in [1.807, 2.05) is 6.92 Å². The zero-order chi connectivity index (χ0) is 13.2. The average molecular weight is 241 g/mol. The summed E-state index contributed by atoms with van der Waals surface area (Å²) < 4.78 is 0. The summed E-state index contributed by atoms with van der Waals surface area (Å²) >= 11 is 0. The molecule has 0 radical (unpaired) electrons. The van der Waals surface area contributed by atoms with Crippen molar-refractivity contribution >= 4 is 11.7 Å². The summed E-state index contributed by atoms with van der Waals surface area (Å²) in [5.74, 6) is 0.520. The van der Waals surface area contributed by atoms with Gasteiger partial charge in [0.1, 0.15) is 5.41 Å². The van der Waals surface area contributed by atoms with Crippen LogP contribution in [-0.2, 0) is 4.79 Å². The summed E-state index contributed by atoms with van der Waals surface area (Å²) in [6.07, 6.45) is 2.89. The fourth-order valence-electron chi connectivity index (χ4n) is 2.02. The number of nitrogens with two attached hydrogens (primary N) is 1. The van der Waals surface area contributed by atoms with Crippen molar-refractivity contribution in [1.82, 2.24) is 4.90 Å². The summed E-state index contributed by atoms with van der Waals surface area (Å²) in [7, 11) is 1.80. The zero-order valence-electron chi connectivity index (χ0n) is 11.1. The molecule has 98 valence electrons. The summed E-state index contributed by atoms with van der Waals surface area (Å²) in [6.45, 7) is 5.64. The lowest BCUT2D eigenvalue weighted by atomic mass is 9.84. The third kappa shape index (κ3) is 2.53. The van der Waals surface area contributed by atoms with E-state index in [1.54, 1.807) is 18.9 Å². The van der Waals surface area contributed by atoms with Crippen LogP contribution in [0.5, 0.6) is 0 Å². The highest BCUT2D eigenvalue weighted by atomic mass is 16.4. The lowest BCUT2D eigenvalue weighted by Gasteiger charge is -2.34.